The Labute approximate surface area is 86.1 Å². The molecule has 1 rings (SSSR count). The van der Waals surface area contributed by atoms with Gasteiger partial charge in [0.2, 0.25) is 11.8 Å². The van der Waals surface area contributed by atoms with E-state index in [1.54, 1.807) is 0 Å². The van der Waals surface area contributed by atoms with Gasteiger partial charge in [-0.2, -0.15) is 0 Å². The molecule has 0 saturated heterocycles. The van der Waals surface area contributed by atoms with Crippen molar-refractivity contribution in [3.05, 3.63) is 35.1 Å². The van der Waals surface area contributed by atoms with Gasteiger partial charge in [0.1, 0.15) is 5.82 Å². The highest BCUT2D eigenvalue weighted by molar-refractivity contribution is 5.96. The van der Waals surface area contributed by atoms with Gasteiger partial charge >= 0.3 is 0 Å². The summed E-state index contributed by atoms with van der Waals surface area (Å²) in [5.74, 6) is -2.63. The third-order valence-corrected chi connectivity index (χ3v) is 2.17. The number of halogens is 1. The molecule has 5 heteroatoms. The molecule has 4 N–H and O–H groups in total. The first-order chi connectivity index (χ1) is 6.93. The Morgan fingerprint density at radius 1 is 1.33 bits per heavy atom. The van der Waals surface area contributed by atoms with Gasteiger partial charge in [0.25, 0.3) is 0 Å². The Morgan fingerprint density at radius 3 is 2.40 bits per heavy atom. The summed E-state index contributed by atoms with van der Waals surface area (Å²) in [5.41, 5.74) is 10.5. The van der Waals surface area contributed by atoms with Crippen LogP contribution < -0.4 is 11.5 Å². The lowest BCUT2D eigenvalue weighted by molar-refractivity contribution is -0.119. The largest absolute Gasteiger partial charge is 0.369 e. The Morgan fingerprint density at radius 2 is 1.93 bits per heavy atom. The minimum absolute atomic E-state index is 0.0127. The quantitative estimate of drug-likeness (QED) is 0.761. The van der Waals surface area contributed by atoms with E-state index in [4.69, 9.17) is 11.5 Å². The molecule has 0 radical (unpaired) electrons. The summed E-state index contributed by atoms with van der Waals surface area (Å²) in [7, 11) is 0. The molecule has 0 aliphatic heterocycles. The van der Waals surface area contributed by atoms with Crippen LogP contribution in [0.2, 0.25) is 0 Å². The summed E-state index contributed by atoms with van der Waals surface area (Å²) >= 11 is 0. The summed E-state index contributed by atoms with van der Waals surface area (Å²) in [6.45, 7) is 1.53. The predicted molar refractivity (Wildman–Crippen MR) is 52.5 cm³/mol. The molecule has 1 atom stereocenters. The van der Waals surface area contributed by atoms with Crippen molar-refractivity contribution in [2.75, 3.05) is 0 Å². The molecule has 0 heterocycles. The summed E-state index contributed by atoms with van der Waals surface area (Å²) < 4.78 is 12.8. The standard InChI is InChI=1S/C10H11FN2O2/c1-5(9(12)14)7-3-2-6(11)4-8(7)10(13)15/h2-5H,1H3,(H2,12,14)(H2,13,15)/t5-/m0/s1. The first-order valence-corrected chi connectivity index (χ1v) is 4.32. The minimum Gasteiger partial charge on any atom is -0.369 e. The SMILES string of the molecule is C[C@H](C(N)=O)c1ccc(F)cc1C(N)=O. The van der Waals surface area contributed by atoms with Gasteiger partial charge in [0, 0.05) is 5.56 Å². The highest BCUT2D eigenvalue weighted by Gasteiger charge is 2.18. The summed E-state index contributed by atoms with van der Waals surface area (Å²) in [4.78, 5) is 21.9. The molecule has 2 amide bonds. The molecular formula is C10H11FN2O2. The van der Waals surface area contributed by atoms with Crippen LogP contribution in [0.15, 0.2) is 18.2 Å². The van der Waals surface area contributed by atoms with E-state index in [0.717, 1.165) is 12.1 Å². The summed E-state index contributed by atoms with van der Waals surface area (Å²) in [6.07, 6.45) is 0. The van der Waals surface area contributed by atoms with E-state index in [2.05, 4.69) is 0 Å². The number of primary amides is 2. The van der Waals surface area contributed by atoms with Crippen LogP contribution in [0.5, 0.6) is 0 Å². The lowest BCUT2D eigenvalue weighted by Gasteiger charge is -2.11. The highest BCUT2D eigenvalue weighted by atomic mass is 19.1. The first-order valence-electron chi connectivity index (χ1n) is 4.32. The van der Waals surface area contributed by atoms with Crippen LogP contribution in [0.25, 0.3) is 0 Å². The van der Waals surface area contributed by atoms with E-state index in [1.165, 1.54) is 13.0 Å². The molecule has 0 aliphatic rings. The zero-order valence-corrected chi connectivity index (χ0v) is 8.16. The van der Waals surface area contributed by atoms with Gasteiger partial charge in [-0.1, -0.05) is 6.07 Å². The average molecular weight is 210 g/mol. The molecule has 0 unspecified atom stereocenters. The lowest BCUT2D eigenvalue weighted by atomic mass is 9.95. The maximum atomic E-state index is 12.8. The summed E-state index contributed by atoms with van der Waals surface area (Å²) in [6, 6.07) is 3.49. The molecule has 0 fully saturated rings. The molecule has 0 bridgehead atoms. The van der Waals surface area contributed by atoms with Gasteiger partial charge in [0.15, 0.2) is 0 Å². The van der Waals surface area contributed by atoms with Gasteiger partial charge < -0.3 is 11.5 Å². The van der Waals surface area contributed by atoms with Crippen molar-refractivity contribution in [1.82, 2.24) is 0 Å². The van der Waals surface area contributed by atoms with E-state index < -0.39 is 23.5 Å². The van der Waals surface area contributed by atoms with Crippen molar-refractivity contribution < 1.29 is 14.0 Å². The molecule has 15 heavy (non-hydrogen) atoms. The number of rotatable bonds is 3. The normalized spacial score (nSPS) is 12.1. The molecule has 0 aromatic heterocycles. The van der Waals surface area contributed by atoms with Crippen molar-refractivity contribution in [1.29, 1.82) is 0 Å². The fourth-order valence-electron chi connectivity index (χ4n) is 1.27. The van der Waals surface area contributed by atoms with Crippen molar-refractivity contribution in [3.63, 3.8) is 0 Å². The number of carbonyl (C=O) groups excluding carboxylic acids is 2. The monoisotopic (exact) mass is 210 g/mol. The third-order valence-electron chi connectivity index (χ3n) is 2.17. The second kappa shape index (κ2) is 4.08. The number of benzene rings is 1. The number of amides is 2. The van der Waals surface area contributed by atoms with Gasteiger partial charge in [-0.25, -0.2) is 4.39 Å². The van der Waals surface area contributed by atoms with Crippen LogP contribution >= 0.6 is 0 Å². The highest BCUT2D eigenvalue weighted by Crippen LogP contribution is 2.20. The Balaban J connectivity index is 3.28. The first kappa shape index (κ1) is 11.2. The zero-order valence-electron chi connectivity index (χ0n) is 8.16. The van der Waals surface area contributed by atoms with Gasteiger partial charge in [0.05, 0.1) is 5.92 Å². The fraction of sp³-hybridized carbons (Fsp3) is 0.200. The summed E-state index contributed by atoms with van der Waals surface area (Å²) in [5, 5.41) is 0. The second-order valence-electron chi connectivity index (χ2n) is 3.22. The van der Waals surface area contributed by atoms with Crippen molar-refractivity contribution in [3.8, 4) is 0 Å². The van der Waals surface area contributed by atoms with Crippen LogP contribution in [-0.4, -0.2) is 11.8 Å². The Hall–Kier alpha value is -1.91. The van der Waals surface area contributed by atoms with Crippen molar-refractivity contribution >= 4 is 11.8 Å². The van der Waals surface area contributed by atoms with E-state index in [-0.39, 0.29) is 5.56 Å². The maximum absolute atomic E-state index is 12.8. The Kier molecular flexibility index (Phi) is 3.04. The Bertz CT molecular complexity index is 418. The van der Waals surface area contributed by atoms with Crippen LogP contribution in [0.1, 0.15) is 28.8 Å². The van der Waals surface area contributed by atoms with E-state index in [1.807, 2.05) is 0 Å². The lowest BCUT2D eigenvalue weighted by Crippen LogP contribution is -2.23. The van der Waals surface area contributed by atoms with Crippen LogP contribution in [0, 0.1) is 5.82 Å². The van der Waals surface area contributed by atoms with Gasteiger partial charge in [-0.15, -0.1) is 0 Å². The van der Waals surface area contributed by atoms with Crippen LogP contribution in [-0.2, 0) is 4.79 Å². The smallest absolute Gasteiger partial charge is 0.249 e. The second-order valence-corrected chi connectivity index (χ2v) is 3.22. The fourth-order valence-corrected chi connectivity index (χ4v) is 1.27. The average Bonchev–Trinajstić information content (AvgIpc) is 2.16. The van der Waals surface area contributed by atoms with Crippen LogP contribution in [0.4, 0.5) is 4.39 Å². The van der Waals surface area contributed by atoms with E-state index in [9.17, 15) is 14.0 Å². The predicted octanol–water partition coefficient (Wildman–Crippen LogP) is 0.513. The molecule has 1 aromatic rings. The molecular weight excluding hydrogens is 199 g/mol. The number of nitrogens with two attached hydrogens (primary N) is 2. The number of hydrogen-bond acceptors (Lipinski definition) is 2. The van der Waals surface area contributed by atoms with Gasteiger partial charge in [-0.3, -0.25) is 9.59 Å². The topological polar surface area (TPSA) is 86.2 Å². The van der Waals surface area contributed by atoms with Gasteiger partial charge in [-0.05, 0) is 24.6 Å². The third kappa shape index (κ3) is 2.31. The maximum Gasteiger partial charge on any atom is 0.249 e. The van der Waals surface area contributed by atoms with E-state index in [0.29, 0.717) is 5.56 Å². The zero-order chi connectivity index (χ0) is 11.6. The van der Waals surface area contributed by atoms with Crippen LogP contribution in [0.3, 0.4) is 0 Å². The molecule has 0 aliphatic carbocycles. The molecule has 1 aromatic carbocycles. The molecule has 80 valence electrons. The molecule has 0 saturated carbocycles. The van der Waals surface area contributed by atoms with Crippen molar-refractivity contribution in [2.24, 2.45) is 11.5 Å². The number of carbonyl (C=O) groups is 2. The van der Waals surface area contributed by atoms with E-state index >= 15 is 0 Å². The molecule has 4 nitrogen and oxygen atoms in total. The minimum atomic E-state index is -0.780. The number of hydrogen-bond donors (Lipinski definition) is 2. The van der Waals surface area contributed by atoms with Crippen molar-refractivity contribution in [2.45, 2.75) is 12.8 Å². The molecule has 0 spiro atoms.